The van der Waals surface area contributed by atoms with Crippen LogP contribution in [0.1, 0.15) is 17.0 Å². The van der Waals surface area contributed by atoms with Crippen molar-refractivity contribution >= 4 is 45.8 Å². The molecule has 0 aromatic heterocycles. The number of rotatable bonds is 1. The second kappa shape index (κ2) is 6.07. The number of nitrogens with zero attached hydrogens (tertiary/aromatic N) is 1. The van der Waals surface area contributed by atoms with Gasteiger partial charge < -0.3 is 10.6 Å². The Morgan fingerprint density at radius 2 is 1.90 bits per heavy atom. The minimum Gasteiger partial charge on any atom is -0.324 e. The van der Waals surface area contributed by atoms with E-state index in [-0.39, 0.29) is 16.1 Å². The van der Waals surface area contributed by atoms with E-state index in [1.54, 1.807) is 13.1 Å². The Labute approximate surface area is 174 Å². The molecule has 2 saturated heterocycles. The number of hydrogen-bond donors (Lipinski definition) is 2. The number of anilines is 1. The van der Waals surface area contributed by atoms with Crippen molar-refractivity contribution < 1.29 is 18.4 Å². The number of hydrogen-bond acceptors (Lipinski definition) is 5. The van der Waals surface area contributed by atoms with E-state index in [1.165, 1.54) is 6.07 Å². The molecule has 3 aliphatic rings. The topological polar surface area (TPSA) is 61.4 Å². The second-order valence-corrected chi connectivity index (χ2v) is 9.02. The van der Waals surface area contributed by atoms with Gasteiger partial charge in [-0.1, -0.05) is 36.5 Å². The first-order valence-corrected chi connectivity index (χ1v) is 10.2. The molecule has 2 aromatic carbocycles. The molecule has 5 nitrogen and oxygen atoms in total. The predicted octanol–water partition coefficient (Wildman–Crippen LogP) is 3.36. The predicted molar refractivity (Wildman–Crippen MR) is 110 cm³/mol. The molecular weight excluding hydrogens is 416 g/mol. The SMILES string of the molecule is CN1C[C@H](c2ccc(F)c(F)c2)[C@]2(SC(=O)NC2=S)[C@]12C(=O)Nc1ccccc12. The van der Waals surface area contributed by atoms with E-state index in [2.05, 4.69) is 10.6 Å². The van der Waals surface area contributed by atoms with Crippen LogP contribution in [-0.4, -0.2) is 39.4 Å². The molecule has 148 valence electrons. The summed E-state index contributed by atoms with van der Waals surface area (Å²) in [5, 5.41) is 5.23. The molecular formula is C20H15F2N3O2S2. The van der Waals surface area contributed by atoms with Crippen molar-refractivity contribution in [2.75, 3.05) is 18.9 Å². The van der Waals surface area contributed by atoms with E-state index in [9.17, 15) is 18.4 Å². The van der Waals surface area contributed by atoms with Gasteiger partial charge in [0, 0.05) is 23.7 Å². The molecule has 2 N–H and O–H groups in total. The number of fused-ring (bicyclic) bond motifs is 3. The molecule has 0 bridgehead atoms. The number of thiocarbonyl (C=S) groups is 1. The summed E-state index contributed by atoms with van der Waals surface area (Å²) in [7, 11) is 1.79. The summed E-state index contributed by atoms with van der Waals surface area (Å²) in [6.45, 7) is 0.328. The van der Waals surface area contributed by atoms with Crippen LogP contribution in [0.15, 0.2) is 42.5 Å². The third kappa shape index (κ3) is 2.15. The van der Waals surface area contributed by atoms with Gasteiger partial charge in [-0.3, -0.25) is 14.5 Å². The lowest BCUT2D eigenvalue weighted by Crippen LogP contribution is -2.61. The Morgan fingerprint density at radius 3 is 2.59 bits per heavy atom. The first-order chi connectivity index (χ1) is 13.8. The van der Waals surface area contributed by atoms with Crippen molar-refractivity contribution in [3.05, 3.63) is 65.2 Å². The van der Waals surface area contributed by atoms with Crippen LogP contribution in [0, 0.1) is 11.6 Å². The zero-order valence-electron chi connectivity index (χ0n) is 15.2. The minimum absolute atomic E-state index is 0.221. The third-order valence-electron chi connectivity index (χ3n) is 6.10. The number of carbonyl (C=O) groups is 2. The van der Waals surface area contributed by atoms with Crippen LogP contribution >= 0.6 is 24.0 Å². The van der Waals surface area contributed by atoms with E-state index in [0.29, 0.717) is 23.4 Å². The maximum absolute atomic E-state index is 14.1. The molecule has 9 heteroatoms. The number of nitrogens with one attached hydrogen (secondary N) is 2. The molecule has 3 atom stereocenters. The van der Waals surface area contributed by atoms with Crippen LogP contribution in [0.25, 0.3) is 0 Å². The summed E-state index contributed by atoms with van der Waals surface area (Å²) in [4.78, 5) is 28.0. The van der Waals surface area contributed by atoms with Gasteiger partial charge in [0.2, 0.25) is 0 Å². The fourth-order valence-electron chi connectivity index (χ4n) is 5.01. The molecule has 2 amide bonds. The van der Waals surface area contributed by atoms with E-state index < -0.39 is 27.8 Å². The summed E-state index contributed by atoms with van der Waals surface area (Å²) in [6, 6.07) is 10.9. The molecule has 2 spiro atoms. The summed E-state index contributed by atoms with van der Waals surface area (Å²) in [5.41, 5.74) is 0.581. The van der Waals surface area contributed by atoms with E-state index in [1.807, 2.05) is 23.1 Å². The first kappa shape index (κ1) is 18.7. The highest BCUT2D eigenvalue weighted by Gasteiger charge is 2.75. The average Bonchev–Trinajstić information content (AvgIpc) is 3.24. The minimum atomic E-state index is -1.26. The number of carbonyl (C=O) groups excluding carboxylic acids is 2. The molecule has 0 unspecified atom stereocenters. The summed E-state index contributed by atoms with van der Waals surface area (Å²) < 4.78 is 26.5. The maximum atomic E-state index is 14.1. The van der Waals surface area contributed by atoms with Crippen molar-refractivity contribution in [3.63, 3.8) is 0 Å². The normalized spacial score (nSPS) is 30.9. The third-order valence-corrected chi connectivity index (χ3v) is 8.05. The lowest BCUT2D eigenvalue weighted by Gasteiger charge is -2.42. The van der Waals surface area contributed by atoms with Crippen molar-refractivity contribution in [1.29, 1.82) is 0 Å². The van der Waals surface area contributed by atoms with Gasteiger partial charge in [0.1, 0.15) is 9.74 Å². The average molecular weight is 431 g/mol. The van der Waals surface area contributed by atoms with Gasteiger partial charge in [-0.2, -0.15) is 0 Å². The largest absolute Gasteiger partial charge is 0.324 e. The summed E-state index contributed by atoms with van der Waals surface area (Å²) in [5.74, 6) is -2.75. The number of para-hydroxylation sites is 1. The lowest BCUT2D eigenvalue weighted by atomic mass is 9.72. The van der Waals surface area contributed by atoms with Crippen LogP contribution in [0.4, 0.5) is 19.3 Å². The molecule has 2 aromatic rings. The molecule has 0 radical (unpaired) electrons. The summed E-state index contributed by atoms with van der Waals surface area (Å²) in [6.07, 6.45) is 0. The van der Waals surface area contributed by atoms with E-state index in [0.717, 1.165) is 23.9 Å². The van der Waals surface area contributed by atoms with Gasteiger partial charge in [0.15, 0.2) is 17.2 Å². The second-order valence-electron chi connectivity index (χ2n) is 7.40. The van der Waals surface area contributed by atoms with Crippen LogP contribution in [-0.2, 0) is 10.3 Å². The number of likely N-dealkylation sites (N-methyl/N-ethyl adjacent to an activating group) is 1. The molecule has 29 heavy (non-hydrogen) atoms. The van der Waals surface area contributed by atoms with Crippen LogP contribution in [0.3, 0.4) is 0 Å². The number of benzene rings is 2. The molecule has 3 aliphatic heterocycles. The van der Waals surface area contributed by atoms with Crippen molar-refractivity contribution in [2.24, 2.45) is 0 Å². The molecule has 2 fully saturated rings. The number of likely N-dealkylation sites (tertiary alicyclic amines) is 1. The Bertz CT molecular complexity index is 1110. The van der Waals surface area contributed by atoms with Gasteiger partial charge in [0.25, 0.3) is 11.1 Å². The van der Waals surface area contributed by atoms with Crippen LogP contribution < -0.4 is 10.6 Å². The Hall–Kier alpha value is -2.36. The lowest BCUT2D eigenvalue weighted by molar-refractivity contribution is -0.125. The Kier molecular flexibility index (Phi) is 3.90. The van der Waals surface area contributed by atoms with E-state index >= 15 is 0 Å². The molecule has 5 rings (SSSR count). The highest BCUT2D eigenvalue weighted by Crippen LogP contribution is 2.64. The maximum Gasteiger partial charge on any atom is 0.284 e. The van der Waals surface area contributed by atoms with Gasteiger partial charge in [-0.05, 0) is 42.6 Å². The number of thioether (sulfide) groups is 1. The van der Waals surface area contributed by atoms with Crippen LogP contribution in [0.5, 0.6) is 0 Å². The molecule has 3 heterocycles. The van der Waals surface area contributed by atoms with Gasteiger partial charge in [0.05, 0.1) is 0 Å². The van der Waals surface area contributed by atoms with Crippen molar-refractivity contribution in [1.82, 2.24) is 10.2 Å². The van der Waals surface area contributed by atoms with Gasteiger partial charge >= 0.3 is 0 Å². The monoisotopic (exact) mass is 431 g/mol. The first-order valence-electron chi connectivity index (χ1n) is 8.94. The fourth-order valence-corrected chi connectivity index (χ4v) is 7.03. The fraction of sp³-hybridized carbons (Fsp3) is 0.250. The molecule has 0 aliphatic carbocycles. The zero-order valence-corrected chi connectivity index (χ0v) is 16.8. The highest BCUT2D eigenvalue weighted by atomic mass is 32.2. The number of amides is 2. The van der Waals surface area contributed by atoms with Gasteiger partial charge in [-0.15, -0.1) is 0 Å². The van der Waals surface area contributed by atoms with E-state index in [4.69, 9.17) is 12.2 Å². The zero-order chi connectivity index (χ0) is 20.6. The van der Waals surface area contributed by atoms with Crippen molar-refractivity contribution in [2.45, 2.75) is 16.2 Å². The number of halogens is 2. The highest BCUT2D eigenvalue weighted by molar-refractivity contribution is 8.17. The van der Waals surface area contributed by atoms with Gasteiger partial charge in [-0.25, -0.2) is 8.78 Å². The smallest absolute Gasteiger partial charge is 0.284 e. The molecule has 0 saturated carbocycles. The Morgan fingerprint density at radius 1 is 1.14 bits per heavy atom. The standard InChI is InChI=1S/C20H15F2N3O2S2/c1-25-9-12(10-6-7-13(21)14(22)8-10)20(17(28)24-18(27)29-20)19(25)11-4-2-3-5-15(11)23-16(19)26/h2-8,12H,9H2,1H3,(H,23,26)(H,24,27,28)/t12-,19+,20-/m1/s1. The quantitative estimate of drug-likeness (QED) is 0.678. The van der Waals surface area contributed by atoms with Crippen molar-refractivity contribution in [3.8, 4) is 0 Å². The Balaban J connectivity index is 1.81. The van der Waals surface area contributed by atoms with Crippen LogP contribution in [0.2, 0.25) is 0 Å². The summed E-state index contributed by atoms with van der Waals surface area (Å²) >= 11 is 6.57.